The summed E-state index contributed by atoms with van der Waals surface area (Å²) in [5.41, 5.74) is 0.137. The first kappa shape index (κ1) is 13.7. The molecule has 104 valence electrons. The van der Waals surface area contributed by atoms with E-state index in [2.05, 4.69) is 0 Å². The maximum absolute atomic E-state index is 12.0. The summed E-state index contributed by atoms with van der Waals surface area (Å²) in [6, 6.07) is 9.05. The fourth-order valence-corrected chi connectivity index (χ4v) is 1.58. The Kier molecular flexibility index (Phi) is 4.05. The molecule has 0 bridgehead atoms. The molecule has 1 aromatic carbocycles. The van der Waals surface area contributed by atoms with Gasteiger partial charge in [0.25, 0.3) is 11.2 Å². The molecule has 20 heavy (non-hydrogen) atoms. The van der Waals surface area contributed by atoms with Crippen molar-refractivity contribution in [3.63, 3.8) is 0 Å². The fraction of sp³-hybridized carbons (Fsp3) is 0.143. The van der Waals surface area contributed by atoms with Crippen LogP contribution in [0.25, 0.3) is 0 Å². The number of aromatic carboxylic acids is 1. The number of carboxylic acids is 1. The van der Waals surface area contributed by atoms with Crippen molar-refractivity contribution in [2.75, 3.05) is 7.11 Å². The lowest BCUT2D eigenvalue weighted by atomic mass is 10.2. The van der Waals surface area contributed by atoms with Crippen molar-refractivity contribution in [1.29, 1.82) is 0 Å². The Labute approximate surface area is 114 Å². The molecule has 0 unspecified atom stereocenters. The first-order chi connectivity index (χ1) is 9.63. The van der Waals surface area contributed by atoms with Crippen LogP contribution in [-0.2, 0) is 6.61 Å². The second-order valence-electron chi connectivity index (χ2n) is 3.87. The van der Waals surface area contributed by atoms with E-state index in [-0.39, 0.29) is 18.1 Å². The smallest absolute Gasteiger partial charge is 0.375 e. The average Bonchev–Trinajstić information content (AvgIpc) is 2.46. The van der Waals surface area contributed by atoms with E-state index in [1.54, 1.807) is 12.1 Å². The molecule has 6 heteroatoms. The van der Waals surface area contributed by atoms with Gasteiger partial charge in [0.15, 0.2) is 0 Å². The average molecular weight is 276 g/mol. The van der Waals surface area contributed by atoms with Crippen LogP contribution >= 0.6 is 0 Å². The predicted molar refractivity (Wildman–Crippen MR) is 69.3 cm³/mol. The minimum absolute atomic E-state index is 0.0546. The summed E-state index contributed by atoms with van der Waals surface area (Å²) >= 11 is 0. The molecule has 1 aromatic heterocycles. The van der Waals surface area contributed by atoms with Gasteiger partial charge in [0.1, 0.15) is 12.9 Å². The lowest BCUT2D eigenvalue weighted by Crippen LogP contribution is -2.15. The summed E-state index contributed by atoms with van der Waals surface area (Å²) in [5.74, 6) is -2.42. The van der Waals surface area contributed by atoms with E-state index in [9.17, 15) is 9.59 Å². The summed E-state index contributed by atoms with van der Waals surface area (Å²) in [4.78, 5) is 23.0. The second kappa shape index (κ2) is 5.92. The van der Waals surface area contributed by atoms with Gasteiger partial charge in [0, 0.05) is 0 Å². The Balaban J connectivity index is 2.34. The fourth-order valence-electron chi connectivity index (χ4n) is 1.58. The van der Waals surface area contributed by atoms with Crippen molar-refractivity contribution in [2.45, 2.75) is 6.61 Å². The third-order valence-corrected chi connectivity index (χ3v) is 2.56. The van der Waals surface area contributed by atoms with Gasteiger partial charge in [-0.25, -0.2) is 4.79 Å². The number of benzene rings is 1. The summed E-state index contributed by atoms with van der Waals surface area (Å²) in [6.07, 6.45) is 0.946. The van der Waals surface area contributed by atoms with Crippen molar-refractivity contribution in [3.05, 3.63) is 58.1 Å². The summed E-state index contributed by atoms with van der Waals surface area (Å²) in [5, 5.41) is 9.00. The largest absolute Gasteiger partial charge is 0.490 e. The standard InChI is InChI=1S/C14H12O6/c1-18-10-8-20-13(14(16)17)12(11(10)15)19-7-9-5-3-2-4-6-9/h2-6,8H,7H2,1H3,(H,16,17). The van der Waals surface area contributed by atoms with Crippen LogP contribution in [0.5, 0.6) is 11.5 Å². The van der Waals surface area contributed by atoms with Crippen LogP contribution < -0.4 is 14.9 Å². The molecule has 0 fully saturated rings. The molecule has 0 aliphatic carbocycles. The highest BCUT2D eigenvalue weighted by Crippen LogP contribution is 2.19. The third-order valence-electron chi connectivity index (χ3n) is 2.56. The number of hydrogen-bond acceptors (Lipinski definition) is 5. The van der Waals surface area contributed by atoms with Crippen LogP contribution in [-0.4, -0.2) is 18.2 Å². The normalized spacial score (nSPS) is 10.1. The van der Waals surface area contributed by atoms with Gasteiger partial charge in [-0.05, 0) is 5.56 Å². The monoisotopic (exact) mass is 276 g/mol. The Morgan fingerprint density at radius 1 is 1.30 bits per heavy atom. The molecule has 0 saturated carbocycles. The molecule has 0 aliphatic rings. The highest BCUT2D eigenvalue weighted by Gasteiger charge is 2.21. The molecule has 0 amide bonds. The zero-order valence-electron chi connectivity index (χ0n) is 10.7. The van der Waals surface area contributed by atoms with Crippen molar-refractivity contribution in [2.24, 2.45) is 0 Å². The summed E-state index contributed by atoms with van der Waals surface area (Å²) in [7, 11) is 1.29. The van der Waals surface area contributed by atoms with E-state index in [0.29, 0.717) is 0 Å². The summed E-state index contributed by atoms with van der Waals surface area (Å²) < 4.78 is 14.9. The van der Waals surface area contributed by atoms with E-state index in [4.69, 9.17) is 19.0 Å². The third kappa shape index (κ3) is 2.80. The Hall–Kier alpha value is -2.76. The molecular formula is C14H12O6. The van der Waals surface area contributed by atoms with Gasteiger partial charge in [0.05, 0.1) is 7.11 Å². The number of ether oxygens (including phenoxy) is 2. The lowest BCUT2D eigenvalue weighted by Gasteiger charge is -2.08. The summed E-state index contributed by atoms with van der Waals surface area (Å²) in [6.45, 7) is 0.0546. The quantitative estimate of drug-likeness (QED) is 0.898. The first-order valence-electron chi connectivity index (χ1n) is 5.73. The van der Waals surface area contributed by atoms with Gasteiger partial charge >= 0.3 is 5.97 Å². The van der Waals surface area contributed by atoms with Gasteiger partial charge in [-0.1, -0.05) is 30.3 Å². The van der Waals surface area contributed by atoms with Crippen LogP contribution in [0.15, 0.2) is 45.8 Å². The van der Waals surface area contributed by atoms with E-state index in [0.717, 1.165) is 11.8 Å². The van der Waals surface area contributed by atoms with Crippen LogP contribution in [0.2, 0.25) is 0 Å². The maximum Gasteiger partial charge on any atom is 0.375 e. The van der Waals surface area contributed by atoms with E-state index < -0.39 is 17.2 Å². The van der Waals surface area contributed by atoms with Crippen molar-refractivity contribution < 1.29 is 23.8 Å². The van der Waals surface area contributed by atoms with Gasteiger partial charge in [0.2, 0.25) is 11.5 Å². The Morgan fingerprint density at radius 3 is 2.60 bits per heavy atom. The second-order valence-corrected chi connectivity index (χ2v) is 3.87. The van der Waals surface area contributed by atoms with Gasteiger partial charge in [-0.3, -0.25) is 4.79 Å². The number of hydrogen-bond donors (Lipinski definition) is 1. The van der Waals surface area contributed by atoms with Crippen molar-refractivity contribution in [1.82, 2.24) is 0 Å². The molecule has 0 radical (unpaired) electrons. The molecule has 2 rings (SSSR count). The van der Waals surface area contributed by atoms with Crippen molar-refractivity contribution in [3.8, 4) is 11.5 Å². The Bertz CT molecular complexity index is 659. The molecule has 0 saturated heterocycles. The zero-order chi connectivity index (χ0) is 14.5. The molecule has 0 atom stereocenters. The molecule has 6 nitrogen and oxygen atoms in total. The van der Waals surface area contributed by atoms with E-state index >= 15 is 0 Å². The maximum atomic E-state index is 12.0. The highest BCUT2D eigenvalue weighted by molar-refractivity contribution is 5.87. The van der Waals surface area contributed by atoms with E-state index in [1.165, 1.54) is 7.11 Å². The lowest BCUT2D eigenvalue weighted by molar-refractivity contribution is 0.0649. The van der Waals surface area contributed by atoms with Crippen molar-refractivity contribution >= 4 is 5.97 Å². The van der Waals surface area contributed by atoms with Crippen LogP contribution in [0, 0.1) is 0 Å². The first-order valence-corrected chi connectivity index (χ1v) is 5.73. The van der Waals surface area contributed by atoms with E-state index in [1.807, 2.05) is 18.2 Å². The molecule has 1 heterocycles. The number of methoxy groups -OCH3 is 1. The number of carboxylic acid groups (broad SMARTS) is 1. The van der Waals surface area contributed by atoms with Crippen LogP contribution in [0.1, 0.15) is 16.1 Å². The number of carbonyl (C=O) groups is 1. The minimum Gasteiger partial charge on any atom is -0.490 e. The molecule has 0 spiro atoms. The predicted octanol–water partition coefficient (Wildman–Crippen LogP) is 1.93. The van der Waals surface area contributed by atoms with Crippen LogP contribution in [0.3, 0.4) is 0 Å². The van der Waals surface area contributed by atoms with Gasteiger partial charge < -0.3 is 19.0 Å². The molecule has 0 aliphatic heterocycles. The molecular weight excluding hydrogens is 264 g/mol. The topological polar surface area (TPSA) is 86.0 Å². The Morgan fingerprint density at radius 2 is 2.00 bits per heavy atom. The molecule has 2 aromatic rings. The van der Waals surface area contributed by atoms with Gasteiger partial charge in [-0.2, -0.15) is 0 Å². The molecule has 1 N–H and O–H groups in total. The SMILES string of the molecule is COc1coc(C(=O)O)c(OCc2ccccc2)c1=O. The number of rotatable bonds is 5. The minimum atomic E-state index is -1.38. The highest BCUT2D eigenvalue weighted by atomic mass is 16.5. The zero-order valence-corrected chi connectivity index (χ0v) is 10.7. The van der Waals surface area contributed by atoms with Crippen LogP contribution in [0.4, 0.5) is 0 Å². The van der Waals surface area contributed by atoms with Gasteiger partial charge in [-0.15, -0.1) is 0 Å².